The number of halogens is 1. The largest absolute Gasteiger partial charge is 0.503 e. The zero-order valence-corrected chi connectivity index (χ0v) is 17.2. The summed E-state index contributed by atoms with van der Waals surface area (Å²) in [5, 5.41) is 16.8. The number of phenolic OH excluding ortho intramolecular Hbond substituents is 1. The van der Waals surface area contributed by atoms with Crippen LogP contribution in [0.2, 0.25) is 0 Å². The maximum absolute atomic E-state index is 9.95. The van der Waals surface area contributed by atoms with Crippen molar-refractivity contribution in [3.8, 4) is 28.5 Å². The highest BCUT2D eigenvalue weighted by Gasteiger charge is 2.08. The predicted molar refractivity (Wildman–Crippen MR) is 112 cm³/mol. The summed E-state index contributed by atoms with van der Waals surface area (Å²) >= 11 is 4.78. The van der Waals surface area contributed by atoms with Gasteiger partial charge in [-0.3, -0.25) is 5.43 Å². The van der Waals surface area contributed by atoms with Crippen LogP contribution in [0.25, 0.3) is 11.3 Å². The first-order valence-electron chi connectivity index (χ1n) is 8.15. The fourth-order valence-corrected chi connectivity index (χ4v) is 3.44. The van der Waals surface area contributed by atoms with Gasteiger partial charge in [-0.15, -0.1) is 11.3 Å². The lowest BCUT2D eigenvalue weighted by molar-refractivity contribution is 0.317. The molecule has 0 amide bonds. The Labute approximate surface area is 169 Å². The molecule has 27 heavy (non-hydrogen) atoms. The molecule has 1 aromatic heterocycles. The Morgan fingerprint density at radius 1 is 1.30 bits per heavy atom. The highest BCUT2D eigenvalue weighted by molar-refractivity contribution is 9.10. The average molecular weight is 448 g/mol. The van der Waals surface area contributed by atoms with E-state index >= 15 is 0 Å². The van der Waals surface area contributed by atoms with Crippen LogP contribution in [0.5, 0.6) is 17.2 Å². The first-order chi connectivity index (χ1) is 13.1. The molecule has 3 aromatic rings. The highest BCUT2D eigenvalue weighted by Crippen LogP contribution is 2.35. The fourth-order valence-electron chi connectivity index (χ4n) is 2.32. The van der Waals surface area contributed by atoms with Crippen molar-refractivity contribution in [3.63, 3.8) is 0 Å². The van der Waals surface area contributed by atoms with Gasteiger partial charge in [0.1, 0.15) is 5.75 Å². The van der Waals surface area contributed by atoms with Gasteiger partial charge in [0.25, 0.3) is 0 Å². The van der Waals surface area contributed by atoms with Crippen molar-refractivity contribution in [1.82, 2.24) is 4.98 Å². The van der Waals surface area contributed by atoms with E-state index in [9.17, 15) is 5.11 Å². The van der Waals surface area contributed by atoms with Crippen molar-refractivity contribution in [3.05, 3.63) is 51.8 Å². The summed E-state index contributed by atoms with van der Waals surface area (Å²) in [4.78, 5) is 4.52. The number of anilines is 1. The topological polar surface area (TPSA) is 76.0 Å². The summed E-state index contributed by atoms with van der Waals surface area (Å²) in [5.74, 6) is 1.29. The minimum absolute atomic E-state index is 0.0750. The number of hydrogen-bond acceptors (Lipinski definition) is 7. The molecular formula is C19H18BrN3O3S. The number of rotatable bonds is 7. The molecule has 0 spiro atoms. The summed E-state index contributed by atoms with van der Waals surface area (Å²) in [7, 11) is 1.64. The second-order valence-corrected chi connectivity index (χ2v) is 7.13. The maximum Gasteiger partial charge on any atom is 0.203 e. The molecule has 2 N–H and O–H groups in total. The van der Waals surface area contributed by atoms with Gasteiger partial charge in [0.2, 0.25) is 5.13 Å². The van der Waals surface area contributed by atoms with E-state index in [1.54, 1.807) is 25.5 Å². The third-order valence-electron chi connectivity index (χ3n) is 3.61. The van der Waals surface area contributed by atoms with Crippen molar-refractivity contribution >= 4 is 38.6 Å². The first-order valence-corrected chi connectivity index (χ1v) is 9.82. The Balaban J connectivity index is 1.69. The molecule has 0 saturated heterocycles. The van der Waals surface area contributed by atoms with Crippen LogP contribution in [-0.4, -0.2) is 30.0 Å². The van der Waals surface area contributed by atoms with Crippen molar-refractivity contribution in [1.29, 1.82) is 0 Å². The molecule has 0 atom stereocenters. The third kappa shape index (κ3) is 4.78. The number of thiazole rings is 1. The van der Waals surface area contributed by atoms with E-state index in [2.05, 4.69) is 31.4 Å². The Morgan fingerprint density at radius 3 is 2.78 bits per heavy atom. The SMILES string of the molecule is CCOc1cc(/C=N\Nc2nc(-c3ccc(OC)cc3)cs2)cc(Br)c1O. The summed E-state index contributed by atoms with van der Waals surface area (Å²) < 4.78 is 11.1. The van der Waals surface area contributed by atoms with E-state index in [1.807, 2.05) is 36.6 Å². The van der Waals surface area contributed by atoms with Gasteiger partial charge >= 0.3 is 0 Å². The maximum atomic E-state index is 9.95. The Kier molecular flexibility index (Phi) is 6.31. The van der Waals surface area contributed by atoms with E-state index in [0.717, 1.165) is 22.6 Å². The van der Waals surface area contributed by atoms with Crippen molar-refractivity contribution < 1.29 is 14.6 Å². The predicted octanol–water partition coefficient (Wildman–Crippen LogP) is 5.13. The number of nitrogens with zero attached hydrogens (tertiary/aromatic N) is 2. The van der Waals surface area contributed by atoms with E-state index in [0.29, 0.717) is 22.0 Å². The van der Waals surface area contributed by atoms with Crippen LogP contribution in [-0.2, 0) is 0 Å². The third-order valence-corrected chi connectivity index (χ3v) is 4.97. The molecule has 3 rings (SSSR count). The number of nitrogens with one attached hydrogen (secondary N) is 1. The van der Waals surface area contributed by atoms with Gasteiger partial charge in [-0.25, -0.2) is 4.98 Å². The molecular weight excluding hydrogens is 430 g/mol. The van der Waals surface area contributed by atoms with Crippen LogP contribution >= 0.6 is 27.3 Å². The normalized spacial score (nSPS) is 10.9. The molecule has 0 unspecified atom stereocenters. The zero-order chi connectivity index (χ0) is 19.2. The van der Waals surface area contributed by atoms with Gasteiger partial charge in [0, 0.05) is 10.9 Å². The molecule has 6 nitrogen and oxygen atoms in total. The van der Waals surface area contributed by atoms with Gasteiger partial charge in [0.05, 0.1) is 30.1 Å². The molecule has 1 heterocycles. The monoisotopic (exact) mass is 447 g/mol. The number of hydrogen-bond donors (Lipinski definition) is 2. The van der Waals surface area contributed by atoms with Gasteiger partial charge < -0.3 is 14.6 Å². The standard InChI is InChI=1S/C19H18BrN3O3S/c1-3-26-17-9-12(8-15(20)18(17)24)10-21-23-19-22-16(11-27-19)13-4-6-14(25-2)7-5-13/h4-11,24H,3H2,1-2H3,(H,22,23)/b21-10-. The molecule has 0 bridgehead atoms. The van der Waals surface area contributed by atoms with Crippen LogP contribution in [0.1, 0.15) is 12.5 Å². The van der Waals surface area contributed by atoms with Gasteiger partial charge in [-0.1, -0.05) is 0 Å². The summed E-state index contributed by atoms with van der Waals surface area (Å²) in [6.07, 6.45) is 1.64. The van der Waals surface area contributed by atoms with Crippen molar-refractivity contribution in [2.45, 2.75) is 6.92 Å². The van der Waals surface area contributed by atoms with Gasteiger partial charge in [0.15, 0.2) is 11.5 Å². The highest BCUT2D eigenvalue weighted by atomic mass is 79.9. The number of benzene rings is 2. The minimum atomic E-state index is 0.0750. The van der Waals surface area contributed by atoms with Crippen LogP contribution in [0.3, 0.4) is 0 Å². The zero-order valence-electron chi connectivity index (χ0n) is 14.8. The number of aromatic hydroxyl groups is 1. The lowest BCUT2D eigenvalue weighted by Crippen LogP contribution is -1.95. The van der Waals surface area contributed by atoms with Crippen LogP contribution in [0.15, 0.2) is 51.4 Å². The Bertz CT molecular complexity index is 942. The minimum Gasteiger partial charge on any atom is -0.503 e. The molecule has 0 aliphatic carbocycles. The Hall–Kier alpha value is -2.58. The molecule has 0 aliphatic rings. The van der Waals surface area contributed by atoms with Crippen molar-refractivity contribution in [2.24, 2.45) is 5.10 Å². The molecule has 0 radical (unpaired) electrons. The lowest BCUT2D eigenvalue weighted by atomic mass is 10.2. The van der Waals surface area contributed by atoms with Crippen molar-refractivity contribution in [2.75, 3.05) is 19.1 Å². The molecule has 8 heteroatoms. The molecule has 0 aliphatic heterocycles. The summed E-state index contributed by atoms with van der Waals surface area (Å²) in [6.45, 7) is 2.32. The van der Waals surface area contributed by atoms with Crippen LogP contribution in [0, 0.1) is 0 Å². The number of aromatic nitrogens is 1. The number of hydrazone groups is 1. The fraction of sp³-hybridized carbons (Fsp3) is 0.158. The molecule has 0 saturated carbocycles. The van der Waals surface area contributed by atoms with Gasteiger partial charge in [-0.2, -0.15) is 5.10 Å². The quantitative estimate of drug-likeness (QED) is 0.387. The number of ether oxygens (including phenoxy) is 2. The second kappa shape index (κ2) is 8.88. The summed E-state index contributed by atoms with van der Waals surface area (Å²) in [6, 6.07) is 11.2. The van der Waals surface area contributed by atoms with Crippen LogP contribution in [0.4, 0.5) is 5.13 Å². The second-order valence-electron chi connectivity index (χ2n) is 5.42. The van der Waals surface area contributed by atoms with Crippen LogP contribution < -0.4 is 14.9 Å². The van der Waals surface area contributed by atoms with E-state index in [4.69, 9.17) is 9.47 Å². The number of methoxy groups -OCH3 is 1. The Morgan fingerprint density at radius 2 is 2.07 bits per heavy atom. The molecule has 0 fully saturated rings. The van der Waals surface area contributed by atoms with E-state index in [1.165, 1.54) is 11.3 Å². The lowest BCUT2D eigenvalue weighted by Gasteiger charge is -2.08. The van der Waals surface area contributed by atoms with E-state index in [-0.39, 0.29) is 5.75 Å². The molecule has 140 valence electrons. The van der Waals surface area contributed by atoms with Gasteiger partial charge in [-0.05, 0) is 64.8 Å². The first kappa shape index (κ1) is 19.2. The molecule has 2 aromatic carbocycles. The van der Waals surface area contributed by atoms with E-state index < -0.39 is 0 Å². The summed E-state index contributed by atoms with van der Waals surface area (Å²) in [5.41, 5.74) is 5.58. The number of phenols is 1. The average Bonchev–Trinajstić information content (AvgIpc) is 3.15. The smallest absolute Gasteiger partial charge is 0.203 e.